The molecule has 0 bridgehead atoms. The van der Waals surface area contributed by atoms with Gasteiger partial charge in [-0.05, 0) is 31.5 Å². The van der Waals surface area contributed by atoms with Crippen LogP contribution >= 0.6 is 0 Å². The summed E-state index contributed by atoms with van der Waals surface area (Å²) in [6, 6.07) is 4.25. The van der Waals surface area contributed by atoms with Crippen molar-refractivity contribution in [3.8, 4) is 0 Å². The fourth-order valence-corrected chi connectivity index (χ4v) is 3.79. The monoisotopic (exact) mass is 371 g/mol. The fourth-order valence-electron chi connectivity index (χ4n) is 2.36. The van der Waals surface area contributed by atoms with Crippen molar-refractivity contribution in [2.75, 3.05) is 33.4 Å². The van der Waals surface area contributed by atoms with Gasteiger partial charge in [0.25, 0.3) is 0 Å². The number of esters is 2. The zero-order valence-electron chi connectivity index (χ0n) is 14.4. The third-order valence-electron chi connectivity index (χ3n) is 3.85. The third kappa shape index (κ3) is 4.36. The molecule has 0 saturated carbocycles. The van der Waals surface area contributed by atoms with E-state index in [1.807, 2.05) is 0 Å². The van der Waals surface area contributed by atoms with Crippen molar-refractivity contribution in [2.45, 2.75) is 24.8 Å². The Kier molecular flexibility index (Phi) is 6.15. The minimum Gasteiger partial charge on any atom is -0.466 e. The molecule has 138 valence electrons. The first kappa shape index (κ1) is 19.4. The standard InChI is InChI=1S/C16H21NO7S/c1-11-4-5-13(25(20,21)17-6-8-23-9-7-17)10-14(11)16(19)24-12(2)15(18)22-3/h4-5,10,12H,6-9H2,1-3H3. The van der Waals surface area contributed by atoms with Crippen LogP contribution in [0, 0.1) is 6.92 Å². The van der Waals surface area contributed by atoms with Crippen molar-refractivity contribution < 1.29 is 32.2 Å². The number of carbonyl (C=O) groups is 2. The summed E-state index contributed by atoms with van der Waals surface area (Å²) >= 11 is 0. The van der Waals surface area contributed by atoms with Gasteiger partial charge in [0.15, 0.2) is 6.10 Å². The van der Waals surface area contributed by atoms with Gasteiger partial charge in [-0.15, -0.1) is 0 Å². The van der Waals surface area contributed by atoms with Crippen LogP contribution in [0.3, 0.4) is 0 Å². The van der Waals surface area contributed by atoms with Gasteiger partial charge in [-0.2, -0.15) is 4.31 Å². The number of hydrogen-bond donors (Lipinski definition) is 0. The van der Waals surface area contributed by atoms with E-state index < -0.39 is 28.1 Å². The fraction of sp³-hybridized carbons (Fsp3) is 0.500. The van der Waals surface area contributed by atoms with Gasteiger partial charge in [0.2, 0.25) is 10.0 Å². The molecule has 0 aliphatic carbocycles. The van der Waals surface area contributed by atoms with Crippen LogP contribution in [0.25, 0.3) is 0 Å². The molecule has 0 spiro atoms. The molecular weight excluding hydrogens is 350 g/mol. The number of nitrogens with zero attached hydrogens (tertiary/aromatic N) is 1. The quantitative estimate of drug-likeness (QED) is 0.704. The lowest BCUT2D eigenvalue weighted by molar-refractivity contribution is -0.149. The first-order valence-corrected chi connectivity index (χ1v) is 9.18. The van der Waals surface area contributed by atoms with Crippen LogP contribution in [-0.4, -0.2) is 64.2 Å². The smallest absolute Gasteiger partial charge is 0.346 e. The van der Waals surface area contributed by atoms with Crippen molar-refractivity contribution >= 4 is 22.0 Å². The number of carbonyl (C=O) groups excluding carboxylic acids is 2. The first-order valence-electron chi connectivity index (χ1n) is 7.74. The number of rotatable bonds is 5. The molecule has 1 aliphatic heterocycles. The van der Waals surface area contributed by atoms with Crippen molar-refractivity contribution in [2.24, 2.45) is 0 Å². The average molecular weight is 371 g/mol. The highest BCUT2D eigenvalue weighted by molar-refractivity contribution is 7.89. The highest BCUT2D eigenvalue weighted by Gasteiger charge is 2.28. The van der Waals surface area contributed by atoms with E-state index in [-0.39, 0.29) is 23.5 Å². The topological polar surface area (TPSA) is 99.2 Å². The Morgan fingerprint density at radius 3 is 2.48 bits per heavy atom. The molecule has 1 saturated heterocycles. The second-order valence-electron chi connectivity index (χ2n) is 5.56. The van der Waals surface area contributed by atoms with E-state index in [1.54, 1.807) is 6.92 Å². The minimum atomic E-state index is -3.73. The van der Waals surface area contributed by atoms with E-state index >= 15 is 0 Å². The van der Waals surface area contributed by atoms with Crippen molar-refractivity contribution in [3.05, 3.63) is 29.3 Å². The lowest BCUT2D eigenvalue weighted by Crippen LogP contribution is -2.40. The van der Waals surface area contributed by atoms with Crippen LogP contribution in [0.1, 0.15) is 22.8 Å². The van der Waals surface area contributed by atoms with Gasteiger partial charge >= 0.3 is 11.9 Å². The van der Waals surface area contributed by atoms with Crippen LogP contribution in [0.4, 0.5) is 0 Å². The van der Waals surface area contributed by atoms with Crippen molar-refractivity contribution in [1.82, 2.24) is 4.31 Å². The normalized spacial score (nSPS) is 16.9. The predicted molar refractivity (Wildman–Crippen MR) is 87.7 cm³/mol. The van der Waals surface area contributed by atoms with Crippen LogP contribution in [0.5, 0.6) is 0 Å². The first-order chi connectivity index (χ1) is 11.8. The second kappa shape index (κ2) is 7.94. The van der Waals surface area contributed by atoms with Gasteiger partial charge in [-0.25, -0.2) is 18.0 Å². The molecule has 1 aromatic carbocycles. The lowest BCUT2D eigenvalue weighted by atomic mass is 10.1. The zero-order chi connectivity index (χ0) is 18.6. The van der Waals surface area contributed by atoms with Crippen LogP contribution in [-0.2, 0) is 29.0 Å². The lowest BCUT2D eigenvalue weighted by Gasteiger charge is -2.26. The number of aryl methyl sites for hydroxylation is 1. The van der Waals surface area contributed by atoms with E-state index in [0.29, 0.717) is 18.8 Å². The molecular formula is C16H21NO7S. The van der Waals surface area contributed by atoms with E-state index in [0.717, 1.165) is 0 Å². The van der Waals surface area contributed by atoms with E-state index in [4.69, 9.17) is 9.47 Å². The molecule has 0 radical (unpaired) electrons. The molecule has 2 rings (SSSR count). The van der Waals surface area contributed by atoms with Gasteiger partial charge in [-0.1, -0.05) is 6.07 Å². The SMILES string of the molecule is COC(=O)C(C)OC(=O)c1cc(S(=O)(=O)N2CCOCC2)ccc1C. The maximum Gasteiger partial charge on any atom is 0.346 e. The van der Waals surface area contributed by atoms with Crippen molar-refractivity contribution in [1.29, 1.82) is 0 Å². The number of hydrogen-bond acceptors (Lipinski definition) is 7. The van der Waals surface area contributed by atoms with Gasteiger partial charge in [0.05, 0.1) is 30.8 Å². The molecule has 1 heterocycles. The van der Waals surface area contributed by atoms with Gasteiger partial charge in [0.1, 0.15) is 0 Å². The zero-order valence-corrected chi connectivity index (χ0v) is 15.2. The molecule has 0 N–H and O–H groups in total. The van der Waals surface area contributed by atoms with Crippen molar-refractivity contribution in [3.63, 3.8) is 0 Å². The highest BCUT2D eigenvalue weighted by Crippen LogP contribution is 2.21. The molecule has 0 amide bonds. The van der Waals surface area contributed by atoms with E-state index in [9.17, 15) is 18.0 Å². The number of methoxy groups -OCH3 is 1. The molecule has 1 unspecified atom stereocenters. The number of ether oxygens (including phenoxy) is 3. The number of morpholine rings is 1. The molecule has 8 nitrogen and oxygen atoms in total. The maximum atomic E-state index is 12.7. The Labute approximate surface area is 146 Å². The van der Waals surface area contributed by atoms with Crippen LogP contribution < -0.4 is 0 Å². The highest BCUT2D eigenvalue weighted by atomic mass is 32.2. The number of benzene rings is 1. The Morgan fingerprint density at radius 2 is 1.88 bits per heavy atom. The van der Waals surface area contributed by atoms with Gasteiger partial charge in [-0.3, -0.25) is 0 Å². The molecule has 0 aromatic heterocycles. The minimum absolute atomic E-state index is 0.00216. The summed E-state index contributed by atoms with van der Waals surface area (Å²) in [7, 11) is -2.54. The van der Waals surface area contributed by atoms with Crippen LogP contribution in [0.15, 0.2) is 23.1 Å². The van der Waals surface area contributed by atoms with Crippen LogP contribution in [0.2, 0.25) is 0 Å². The molecule has 1 aromatic rings. The van der Waals surface area contributed by atoms with E-state index in [2.05, 4.69) is 4.74 Å². The Morgan fingerprint density at radius 1 is 1.24 bits per heavy atom. The summed E-state index contributed by atoms with van der Waals surface area (Å²) in [6.45, 7) is 4.22. The summed E-state index contributed by atoms with van der Waals surface area (Å²) < 4.78 is 41.4. The Balaban J connectivity index is 2.27. The molecule has 1 fully saturated rings. The predicted octanol–water partition coefficient (Wildman–Crippen LogP) is 0.734. The summed E-state index contributed by atoms with van der Waals surface area (Å²) in [5.41, 5.74) is 0.632. The molecule has 25 heavy (non-hydrogen) atoms. The molecule has 9 heteroatoms. The largest absolute Gasteiger partial charge is 0.466 e. The Hall–Kier alpha value is -1.97. The maximum absolute atomic E-state index is 12.7. The Bertz CT molecular complexity index is 754. The van der Waals surface area contributed by atoms with E-state index in [1.165, 1.54) is 36.5 Å². The molecule has 1 atom stereocenters. The summed E-state index contributed by atoms with van der Waals surface area (Å²) in [4.78, 5) is 23.7. The summed E-state index contributed by atoms with van der Waals surface area (Å²) in [5, 5.41) is 0. The third-order valence-corrected chi connectivity index (χ3v) is 5.75. The van der Waals surface area contributed by atoms with Gasteiger partial charge < -0.3 is 14.2 Å². The summed E-state index contributed by atoms with van der Waals surface area (Å²) in [5.74, 6) is -1.47. The number of sulfonamides is 1. The second-order valence-corrected chi connectivity index (χ2v) is 7.50. The molecule has 1 aliphatic rings. The summed E-state index contributed by atoms with van der Waals surface area (Å²) in [6.07, 6.45) is -1.09. The van der Waals surface area contributed by atoms with Gasteiger partial charge in [0, 0.05) is 13.1 Å². The average Bonchev–Trinajstić information content (AvgIpc) is 2.61.